The summed E-state index contributed by atoms with van der Waals surface area (Å²) in [5.41, 5.74) is 2.26. The fourth-order valence-electron chi connectivity index (χ4n) is 4.06. The number of likely N-dealkylation sites (tertiary alicyclic amines) is 1. The van der Waals surface area contributed by atoms with E-state index in [1.807, 2.05) is 48.5 Å². The van der Waals surface area contributed by atoms with Gasteiger partial charge in [-0.15, -0.1) is 11.3 Å². The van der Waals surface area contributed by atoms with Crippen LogP contribution in [0.2, 0.25) is 0 Å². The Morgan fingerprint density at radius 3 is 3.00 bits per heavy atom. The van der Waals surface area contributed by atoms with Crippen molar-refractivity contribution in [3.05, 3.63) is 59.2 Å². The van der Waals surface area contributed by atoms with E-state index in [-0.39, 0.29) is 11.9 Å². The summed E-state index contributed by atoms with van der Waals surface area (Å²) in [6.45, 7) is 0.629. The highest BCUT2D eigenvalue weighted by Gasteiger charge is 2.37. The molecule has 0 aliphatic carbocycles. The van der Waals surface area contributed by atoms with Crippen LogP contribution in [0.4, 0.5) is 0 Å². The average molecular weight is 407 g/mol. The first-order valence-corrected chi connectivity index (χ1v) is 10.5. The van der Waals surface area contributed by atoms with Crippen molar-refractivity contribution in [2.75, 3.05) is 13.7 Å². The summed E-state index contributed by atoms with van der Waals surface area (Å²) < 4.78 is 6.30. The largest absolute Gasteiger partial charge is 0.497 e. The van der Waals surface area contributed by atoms with Gasteiger partial charge in [0.25, 0.3) is 5.91 Å². The van der Waals surface area contributed by atoms with Gasteiger partial charge in [-0.1, -0.05) is 12.1 Å². The third-order valence-corrected chi connectivity index (χ3v) is 6.66. The molecule has 148 valence electrons. The Morgan fingerprint density at radius 2 is 2.17 bits per heavy atom. The average Bonchev–Trinajstić information content (AvgIpc) is 3.49. The maximum absolute atomic E-state index is 13.2. The molecule has 2 aromatic carbocycles. The summed E-state index contributed by atoms with van der Waals surface area (Å²) >= 11 is 1.49. The molecule has 1 fully saturated rings. The Morgan fingerprint density at radius 1 is 1.31 bits per heavy atom. The number of H-pyrrole nitrogens is 1. The van der Waals surface area contributed by atoms with Crippen LogP contribution < -0.4 is 4.74 Å². The standard InChI is InChI=1S/C22H21N3O3S/c1-28-14-9-8-13-11-17(23-16(13)12-14)22(27)25-10-4-6-18(25)20(26)21-24-15-5-2-3-7-19(15)29-21/h2-3,5,7-9,11-12,18,20,23,26H,4,6,10H2,1H3/t18-,20+/m1/s1. The van der Waals surface area contributed by atoms with Crippen LogP contribution >= 0.6 is 11.3 Å². The molecule has 1 aliphatic heterocycles. The normalized spacial score (nSPS) is 17.9. The molecule has 29 heavy (non-hydrogen) atoms. The number of aromatic nitrogens is 2. The molecule has 1 saturated heterocycles. The van der Waals surface area contributed by atoms with Crippen LogP contribution in [0.3, 0.4) is 0 Å². The first-order chi connectivity index (χ1) is 14.1. The number of fused-ring (bicyclic) bond motifs is 2. The second-order valence-corrected chi connectivity index (χ2v) is 8.37. The maximum Gasteiger partial charge on any atom is 0.270 e. The van der Waals surface area contributed by atoms with Crippen LogP contribution in [-0.4, -0.2) is 45.6 Å². The number of methoxy groups -OCH3 is 1. The maximum atomic E-state index is 13.2. The summed E-state index contributed by atoms with van der Waals surface area (Å²) in [6.07, 6.45) is 0.840. The van der Waals surface area contributed by atoms with Gasteiger partial charge in [0.15, 0.2) is 0 Å². The Hall–Kier alpha value is -2.90. The van der Waals surface area contributed by atoms with Crippen LogP contribution in [0.15, 0.2) is 48.5 Å². The van der Waals surface area contributed by atoms with Gasteiger partial charge >= 0.3 is 0 Å². The van der Waals surface area contributed by atoms with Crippen molar-refractivity contribution < 1.29 is 14.6 Å². The second kappa shape index (κ2) is 7.17. The molecule has 3 heterocycles. The summed E-state index contributed by atoms with van der Waals surface area (Å²) in [6, 6.07) is 15.1. The summed E-state index contributed by atoms with van der Waals surface area (Å²) in [7, 11) is 1.62. The van der Waals surface area contributed by atoms with Gasteiger partial charge in [-0.3, -0.25) is 4.79 Å². The number of benzene rings is 2. The summed E-state index contributed by atoms with van der Waals surface area (Å²) in [5, 5.41) is 12.6. The van der Waals surface area contributed by atoms with Crippen molar-refractivity contribution in [1.82, 2.24) is 14.9 Å². The fraction of sp³-hybridized carbons (Fsp3) is 0.273. The Labute approximate surface area is 171 Å². The lowest BCUT2D eigenvalue weighted by Crippen LogP contribution is -2.39. The number of carbonyl (C=O) groups is 1. The van der Waals surface area contributed by atoms with E-state index in [4.69, 9.17) is 4.74 Å². The number of para-hydroxylation sites is 1. The monoisotopic (exact) mass is 407 g/mol. The summed E-state index contributed by atoms with van der Waals surface area (Å²) in [4.78, 5) is 22.8. The van der Waals surface area contributed by atoms with E-state index < -0.39 is 6.10 Å². The quantitative estimate of drug-likeness (QED) is 0.533. The Kier molecular flexibility index (Phi) is 4.49. The molecular weight excluding hydrogens is 386 g/mol. The zero-order chi connectivity index (χ0) is 20.0. The number of nitrogens with one attached hydrogen (secondary N) is 1. The molecule has 7 heteroatoms. The number of amides is 1. The van der Waals surface area contributed by atoms with Gasteiger partial charge < -0.3 is 19.7 Å². The molecule has 1 aliphatic rings. The molecule has 2 aromatic heterocycles. The number of aromatic amines is 1. The highest BCUT2D eigenvalue weighted by molar-refractivity contribution is 7.18. The topological polar surface area (TPSA) is 78.4 Å². The number of hydrogen-bond donors (Lipinski definition) is 2. The van der Waals surface area contributed by atoms with Gasteiger partial charge in [-0.25, -0.2) is 4.98 Å². The number of thiazole rings is 1. The molecule has 1 amide bonds. The molecule has 4 aromatic rings. The van der Waals surface area contributed by atoms with Gasteiger partial charge in [-0.2, -0.15) is 0 Å². The first kappa shape index (κ1) is 18.1. The fourth-order valence-corrected chi connectivity index (χ4v) is 5.07. The highest BCUT2D eigenvalue weighted by atomic mass is 32.1. The number of hydrogen-bond acceptors (Lipinski definition) is 5. The number of aliphatic hydroxyl groups is 1. The highest BCUT2D eigenvalue weighted by Crippen LogP contribution is 2.34. The zero-order valence-corrected chi connectivity index (χ0v) is 16.8. The molecule has 0 radical (unpaired) electrons. The van der Waals surface area contributed by atoms with Crippen molar-refractivity contribution >= 4 is 38.4 Å². The van der Waals surface area contributed by atoms with Crippen LogP contribution in [0, 0.1) is 0 Å². The molecule has 2 N–H and O–H groups in total. The number of nitrogens with zero attached hydrogens (tertiary/aromatic N) is 2. The van der Waals surface area contributed by atoms with Crippen LogP contribution in [0.25, 0.3) is 21.1 Å². The number of carbonyl (C=O) groups excluding carboxylic acids is 1. The number of rotatable bonds is 4. The van der Waals surface area contributed by atoms with Gasteiger partial charge in [0.2, 0.25) is 0 Å². The van der Waals surface area contributed by atoms with Crippen molar-refractivity contribution in [3.63, 3.8) is 0 Å². The van der Waals surface area contributed by atoms with Crippen LogP contribution in [-0.2, 0) is 0 Å². The van der Waals surface area contributed by atoms with E-state index in [1.54, 1.807) is 12.0 Å². The minimum absolute atomic E-state index is 0.0946. The third-order valence-electron chi connectivity index (χ3n) is 5.55. The second-order valence-electron chi connectivity index (χ2n) is 7.31. The molecule has 0 saturated carbocycles. The van der Waals surface area contributed by atoms with Crippen molar-refractivity contribution in [1.29, 1.82) is 0 Å². The van der Waals surface area contributed by atoms with Gasteiger partial charge in [-0.05, 0) is 43.2 Å². The van der Waals surface area contributed by atoms with Crippen molar-refractivity contribution in [2.24, 2.45) is 0 Å². The van der Waals surface area contributed by atoms with E-state index in [9.17, 15) is 9.90 Å². The zero-order valence-electron chi connectivity index (χ0n) is 16.0. The minimum atomic E-state index is -0.789. The van der Waals surface area contributed by atoms with Crippen molar-refractivity contribution in [2.45, 2.75) is 25.0 Å². The molecule has 5 rings (SSSR count). The molecule has 0 unspecified atom stereocenters. The van der Waals surface area contributed by atoms with E-state index in [2.05, 4.69) is 9.97 Å². The Balaban J connectivity index is 1.43. The van der Waals surface area contributed by atoms with E-state index >= 15 is 0 Å². The molecular formula is C22H21N3O3S. The minimum Gasteiger partial charge on any atom is -0.497 e. The van der Waals surface area contributed by atoms with E-state index in [0.717, 1.165) is 39.7 Å². The lowest BCUT2D eigenvalue weighted by atomic mass is 10.1. The lowest BCUT2D eigenvalue weighted by molar-refractivity contribution is 0.0482. The molecule has 0 bridgehead atoms. The Bertz CT molecular complexity index is 1170. The van der Waals surface area contributed by atoms with Gasteiger partial charge in [0.1, 0.15) is 22.6 Å². The van der Waals surface area contributed by atoms with E-state index in [1.165, 1.54) is 11.3 Å². The molecule has 6 nitrogen and oxygen atoms in total. The molecule has 2 atom stereocenters. The van der Waals surface area contributed by atoms with E-state index in [0.29, 0.717) is 17.2 Å². The lowest BCUT2D eigenvalue weighted by Gasteiger charge is -2.27. The summed E-state index contributed by atoms with van der Waals surface area (Å²) in [5.74, 6) is 0.645. The predicted molar refractivity (Wildman–Crippen MR) is 113 cm³/mol. The van der Waals surface area contributed by atoms with Crippen LogP contribution in [0.5, 0.6) is 5.75 Å². The van der Waals surface area contributed by atoms with Gasteiger partial charge in [0.05, 0.1) is 23.4 Å². The van der Waals surface area contributed by atoms with Crippen molar-refractivity contribution in [3.8, 4) is 5.75 Å². The first-order valence-electron chi connectivity index (χ1n) is 9.65. The SMILES string of the molecule is COc1ccc2cc(C(=O)N3CCC[C@@H]3[C@H](O)c3nc4ccccc4s3)[nH]c2c1. The third kappa shape index (κ3) is 3.16. The van der Waals surface area contributed by atoms with Crippen LogP contribution in [0.1, 0.15) is 34.4 Å². The molecule has 0 spiro atoms. The number of ether oxygens (including phenoxy) is 1. The smallest absolute Gasteiger partial charge is 0.270 e. The predicted octanol–water partition coefficient (Wildman–Crippen LogP) is 4.12. The number of aliphatic hydroxyl groups excluding tert-OH is 1. The van der Waals surface area contributed by atoms with Gasteiger partial charge in [0, 0.05) is 23.5 Å².